The van der Waals surface area contributed by atoms with Gasteiger partial charge in [0.25, 0.3) is 0 Å². The van der Waals surface area contributed by atoms with Gasteiger partial charge in [-0.15, -0.1) is 23.1 Å². The molecule has 0 bridgehead atoms. The molecular formula is C25H33N3OS2. The van der Waals surface area contributed by atoms with Crippen LogP contribution in [0.1, 0.15) is 45.5 Å². The van der Waals surface area contributed by atoms with E-state index in [1.54, 1.807) is 23.1 Å². The second-order valence-corrected chi connectivity index (χ2v) is 10.4. The molecule has 1 amide bonds. The van der Waals surface area contributed by atoms with Gasteiger partial charge in [-0.05, 0) is 46.2 Å². The second-order valence-electron chi connectivity index (χ2n) is 8.20. The van der Waals surface area contributed by atoms with Crippen LogP contribution in [-0.4, -0.2) is 40.8 Å². The van der Waals surface area contributed by atoms with Crippen molar-refractivity contribution in [3.05, 3.63) is 63.6 Å². The predicted octanol–water partition coefficient (Wildman–Crippen LogP) is 5.93. The van der Waals surface area contributed by atoms with Gasteiger partial charge in [-0.1, -0.05) is 41.5 Å². The molecule has 31 heavy (non-hydrogen) atoms. The Hall–Kier alpha value is -1.89. The molecule has 166 valence electrons. The number of aromatic nitrogens is 1. The topological polar surface area (TPSA) is 45.2 Å². The van der Waals surface area contributed by atoms with Crippen LogP contribution in [-0.2, 0) is 11.2 Å². The third kappa shape index (κ3) is 7.06. The van der Waals surface area contributed by atoms with E-state index in [2.05, 4.69) is 42.3 Å². The molecule has 0 atom stereocenters. The predicted molar refractivity (Wildman–Crippen MR) is 135 cm³/mol. The first-order valence-electron chi connectivity index (χ1n) is 10.9. The molecule has 0 spiro atoms. The number of thioether (sulfide) groups is 1. The minimum Gasteiger partial charge on any atom is -0.346 e. The number of benzene rings is 1. The highest BCUT2D eigenvalue weighted by atomic mass is 32.2. The lowest BCUT2D eigenvalue weighted by molar-refractivity contribution is -0.120. The van der Waals surface area contributed by atoms with E-state index in [9.17, 15) is 4.79 Å². The van der Waals surface area contributed by atoms with Crippen molar-refractivity contribution < 1.29 is 4.79 Å². The van der Waals surface area contributed by atoms with Crippen molar-refractivity contribution in [3.63, 3.8) is 0 Å². The van der Waals surface area contributed by atoms with Gasteiger partial charge in [-0.3, -0.25) is 9.69 Å². The lowest BCUT2D eigenvalue weighted by Gasteiger charge is -2.33. The Labute approximate surface area is 194 Å². The lowest BCUT2D eigenvalue weighted by Crippen LogP contribution is -2.37. The van der Waals surface area contributed by atoms with E-state index in [4.69, 9.17) is 4.98 Å². The largest absolute Gasteiger partial charge is 0.346 e. The Kier molecular flexibility index (Phi) is 8.93. The van der Waals surface area contributed by atoms with Crippen LogP contribution in [0.15, 0.2) is 58.5 Å². The number of rotatable bonds is 9. The zero-order chi connectivity index (χ0) is 22.2. The quantitative estimate of drug-likeness (QED) is 0.376. The third-order valence-electron chi connectivity index (χ3n) is 5.40. The summed E-state index contributed by atoms with van der Waals surface area (Å²) in [4.78, 5) is 21.0. The number of fused-ring (bicyclic) bond motifs is 1. The summed E-state index contributed by atoms with van der Waals surface area (Å²) in [5.74, 6) is 0.691. The Morgan fingerprint density at radius 2 is 2.16 bits per heavy atom. The molecular weight excluding hydrogens is 422 g/mol. The van der Waals surface area contributed by atoms with Gasteiger partial charge >= 0.3 is 0 Å². The molecule has 1 aromatic heterocycles. The summed E-state index contributed by atoms with van der Waals surface area (Å²) >= 11 is 3.57. The minimum atomic E-state index is 0.0793. The smallest absolute Gasteiger partial charge is 0.224 e. The summed E-state index contributed by atoms with van der Waals surface area (Å²) in [5.41, 5.74) is 3.63. The molecule has 0 saturated carbocycles. The minimum absolute atomic E-state index is 0.0793. The van der Waals surface area contributed by atoms with Crippen molar-refractivity contribution in [1.82, 2.24) is 15.2 Å². The van der Waals surface area contributed by atoms with Crippen LogP contribution in [0.2, 0.25) is 0 Å². The highest BCUT2D eigenvalue weighted by Gasteiger charge is 2.22. The summed E-state index contributed by atoms with van der Waals surface area (Å²) in [6.45, 7) is 10.5. The summed E-state index contributed by atoms with van der Waals surface area (Å²) < 4.78 is 1.25. The maximum absolute atomic E-state index is 12.3. The van der Waals surface area contributed by atoms with Gasteiger partial charge < -0.3 is 5.32 Å². The first kappa shape index (κ1) is 23.8. The van der Waals surface area contributed by atoms with E-state index >= 15 is 0 Å². The van der Waals surface area contributed by atoms with Crippen LogP contribution in [0, 0.1) is 0 Å². The molecule has 1 N–H and O–H groups in total. The van der Waals surface area contributed by atoms with Crippen LogP contribution in [0.4, 0.5) is 0 Å². The number of hydrogen-bond donors (Lipinski definition) is 1. The number of nitrogens with one attached hydrogen (secondary N) is 1. The number of nitrogens with zero attached hydrogens (tertiary/aromatic N) is 2. The van der Waals surface area contributed by atoms with E-state index in [0.29, 0.717) is 18.3 Å². The zero-order valence-electron chi connectivity index (χ0n) is 19.0. The molecule has 0 aliphatic carbocycles. The van der Waals surface area contributed by atoms with Gasteiger partial charge in [0.05, 0.1) is 21.1 Å². The first-order chi connectivity index (χ1) is 15.0. The van der Waals surface area contributed by atoms with Crippen LogP contribution in [0.3, 0.4) is 0 Å². The number of carbonyl (C=O) groups excluding carboxylic acids is 1. The Bertz CT molecular complexity index is 955. The van der Waals surface area contributed by atoms with E-state index in [1.165, 1.54) is 20.2 Å². The summed E-state index contributed by atoms with van der Waals surface area (Å²) in [5, 5.41) is 4.26. The summed E-state index contributed by atoms with van der Waals surface area (Å²) in [6, 6.07) is 8.87. The second kappa shape index (κ2) is 11.7. The van der Waals surface area contributed by atoms with Gasteiger partial charge in [-0.25, -0.2) is 4.98 Å². The molecule has 1 aliphatic rings. The average Bonchev–Trinajstić information content (AvgIpc) is 3.15. The molecule has 0 fully saturated rings. The van der Waals surface area contributed by atoms with E-state index < -0.39 is 0 Å². The molecule has 0 saturated heterocycles. The number of carbonyl (C=O) groups is 1. The van der Waals surface area contributed by atoms with Crippen molar-refractivity contribution in [1.29, 1.82) is 0 Å². The number of para-hydroxylation sites is 1. The third-order valence-corrected chi connectivity index (χ3v) is 7.49. The normalized spacial score (nSPS) is 16.1. The molecule has 1 aromatic carbocycles. The lowest BCUT2D eigenvalue weighted by atomic mass is 10.0. The standard InChI is InChI=1S/C25H33N3OS2/c1-5-6-9-19(4)14-24(29)26-17-30-23-16-28(18(2)3)13-12-20(23)15-25-27-21-10-7-8-11-22(21)31-25/h5-11,18H,12-17H2,1-4H3,(H,26,29). The molecule has 6 heteroatoms. The van der Waals surface area contributed by atoms with Gasteiger partial charge in [-0.2, -0.15) is 0 Å². The molecule has 2 heterocycles. The van der Waals surface area contributed by atoms with Crippen molar-refractivity contribution in [2.75, 3.05) is 19.0 Å². The fourth-order valence-electron chi connectivity index (χ4n) is 3.59. The highest BCUT2D eigenvalue weighted by Crippen LogP contribution is 2.32. The number of hydrogen-bond acceptors (Lipinski definition) is 5. The monoisotopic (exact) mass is 455 g/mol. The fraction of sp³-hybridized carbons (Fsp3) is 0.440. The SMILES string of the molecule is CC=CC=C(C)CC(=O)NCSC1=C(Cc2nc3ccccc3s2)CCN(C(C)C)C1. The van der Waals surface area contributed by atoms with Gasteiger partial charge in [0.15, 0.2) is 0 Å². The number of allylic oxidation sites excluding steroid dienone is 3. The Balaban J connectivity index is 1.66. The van der Waals surface area contributed by atoms with Crippen molar-refractivity contribution in [2.45, 2.75) is 53.0 Å². The number of amides is 1. The van der Waals surface area contributed by atoms with Crippen molar-refractivity contribution in [2.24, 2.45) is 0 Å². The van der Waals surface area contributed by atoms with Gasteiger partial charge in [0.2, 0.25) is 5.91 Å². The molecule has 1 aliphatic heterocycles. The Morgan fingerprint density at radius 1 is 1.35 bits per heavy atom. The van der Waals surface area contributed by atoms with Crippen LogP contribution in [0.25, 0.3) is 10.2 Å². The van der Waals surface area contributed by atoms with E-state index in [0.717, 1.165) is 37.0 Å². The zero-order valence-corrected chi connectivity index (χ0v) is 20.6. The Morgan fingerprint density at radius 3 is 2.90 bits per heavy atom. The highest BCUT2D eigenvalue weighted by molar-refractivity contribution is 8.03. The van der Waals surface area contributed by atoms with E-state index in [1.807, 2.05) is 38.1 Å². The van der Waals surface area contributed by atoms with Crippen LogP contribution in [0.5, 0.6) is 0 Å². The van der Waals surface area contributed by atoms with Gasteiger partial charge in [0.1, 0.15) is 0 Å². The van der Waals surface area contributed by atoms with Gasteiger partial charge in [0, 0.05) is 36.9 Å². The summed E-state index contributed by atoms with van der Waals surface area (Å²) in [6.07, 6.45) is 8.36. The molecule has 0 radical (unpaired) electrons. The molecule has 4 nitrogen and oxygen atoms in total. The maximum atomic E-state index is 12.3. The molecule has 2 aromatic rings. The first-order valence-corrected chi connectivity index (χ1v) is 12.7. The van der Waals surface area contributed by atoms with Crippen LogP contribution >= 0.6 is 23.1 Å². The average molecular weight is 456 g/mol. The van der Waals surface area contributed by atoms with E-state index in [-0.39, 0.29) is 5.91 Å². The van der Waals surface area contributed by atoms with Crippen molar-refractivity contribution >= 4 is 39.2 Å². The maximum Gasteiger partial charge on any atom is 0.224 e. The van der Waals surface area contributed by atoms with Crippen molar-refractivity contribution in [3.8, 4) is 0 Å². The number of thiazole rings is 1. The van der Waals surface area contributed by atoms with Crippen LogP contribution < -0.4 is 5.32 Å². The summed E-state index contributed by atoms with van der Waals surface area (Å²) in [7, 11) is 0. The molecule has 0 unspecified atom stereocenters. The molecule has 3 rings (SSSR count). The fourth-order valence-corrected chi connectivity index (χ4v) is 5.64.